The fourth-order valence-electron chi connectivity index (χ4n) is 1.63. The molecule has 0 heterocycles. The first-order valence-corrected chi connectivity index (χ1v) is 8.36. The van der Waals surface area contributed by atoms with Gasteiger partial charge in [0.2, 0.25) is 0 Å². The molecule has 0 spiro atoms. The molecule has 0 radical (unpaired) electrons. The number of halogens is 3. The Morgan fingerprint density at radius 3 is 2.52 bits per heavy atom. The van der Waals surface area contributed by atoms with E-state index in [0.717, 1.165) is 12.1 Å². The number of anilines is 1. The zero-order valence-corrected chi connectivity index (χ0v) is 13.6. The van der Waals surface area contributed by atoms with Gasteiger partial charge in [-0.05, 0) is 51.8 Å². The highest BCUT2D eigenvalue weighted by molar-refractivity contribution is 9.10. The molecule has 21 heavy (non-hydrogen) atoms. The molecule has 0 unspecified atom stereocenters. The Morgan fingerprint density at radius 1 is 1.24 bits per heavy atom. The largest absolute Gasteiger partial charge is 0.392 e. The van der Waals surface area contributed by atoms with E-state index >= 15 is 0 Å². The van der Waals surface area contributed by atoms with Crippen LogP contribution in [0, 0.1) is 5.82 Å². The Kier molecular flexibility index (Phi) is 4.88. The van der Waals surface area contributed by atoms with Crippen molar-refractivity contribution in [1.29, 1.82) is 0 Å². The number of sulfonamides is 1. The summed E-state index contributed by atoms with van der Waals surface area (Å²) in [6.45, 7) is -0.368. The number of benzene rings is 2. The van der Waals surface area contributed by atoms with Crippen LogP contribution in [0.3, 0.4) is 0 Å². The lowest BCUT2D eigenvalue weighted by Gasteiger charge is -2.10. The van der Waals surface area contributed by atoms with E-state index in [9.17, 15) is 12.8 Å². The molecular weight excluding hydrogens is 385 g/mol. The summed E-state index contributed by atoms with van der Waals surface area (Å²) in [5, 5.41) is 9.22. The fraction of sp³-hybridized carbons (Fsp3) is 0.0769. The average molecular weight is 395 g/mol. The van der Waals surface area contributed by atoms with E-state index in [0.29, 0.717) is 9.50 Å². The molecule has 2 aromatic rings. The van der Waals surface area contributed by atoms with Gasteiger partial charge < -0.3 is 5.11 Å². The van der Waals surface area contributed by atoms with Gasteiger partial charge >= 0.3 is 0 Å². The molecule has 2 N–H and O–H groups in total. The van der Waals surface area contributed by atoms with Gasteiger partial charge in [-0.15, -0.1) is 0 Å². The Balaban J connectivity index is 2.36. The predicted molar refractivity (Wildman–Crippen MR) is 82.3 cm³/mol. The van der Waals surface area contributed by atoms with E-state index in [-0.39, 0.29) is 17.9 Å². The van der Waals surface area contributed by atoms with Gasteiger partial charge in [0.1, 0.15) is 10.7 Å². The van der Waals surface area contributed by atoms with E-state index in [1.165, 1.54) is 18.2 Å². The zero-order valence-electron chi connectivity index (χ0n) is 10.5. The second-order valence-corrected chi connectivity index (χ2v) is 7.07. The van der Waals surface area contributed by atoms with Gasteiger partial charge in [-0.3, -0.25) is 4.72 Å². The molecule has 0 amide bonds. The summed E-state index contributed by atoms with van der Waals surface area (Å²) in [5.74, 6) is -0.933. The molecule has 0 aliphatic carbocycles. The standard InChI is InChI=1S/C13H10BrClFNO3S/c14-10-3-2-9(6-11(10)15)17-21(19,20)13-4-1-8(7-18)5-12(13)16/h1-6,17-18H,7H2. The average Bonchev–Trinajstić information content (AvgIpc) is 2.42. The van der Waals surface area contributed by atoms with Gasteiger partial charge in [0.25, 0.3) is 10.0 Å². The third-order valence-corrected chi connectivity index (χ3v) is 5.29. The van der Waals surface area contributed by atoms with Crippen LogP contribution in [0.4, 0.5) is 10.1 Å². The van der Waals surface area contributed by atoms with Crippen LogP contribution in [0.2, 0.25) is 5.02 Å². The van der Waals surface area contributed by atoms with Gasteiger partial charge in [0.05, 0.1) is 17.3 Å². The maximum absolute atomic E-state index is 13.8. The summed E-state index contributed by atoms with van der Waals surface area (Å²) >= 11 is 9.06. The van der Waals surface area contributed by atoms with Crippen molar-refractivity contribution in [2.45, 2.75) is 11.5 Å². The maximum Gasteiger partial charge on any atom is 0.264 e. The third kappa shape index (κ3) is 3.74. The molecule has 0 aromatic heterocycles. The number of hydrogen-bond donors (Lipinski definition) is 2. The maximum atomic E-state index is 13.8. The molecule has 2 rings (SSSR count). The van der Waals surface area contributed by atoms with Crippen LogP contribution in [0.5, 0.6) is 0 Å². The van der Waals surface area contributed by atoms with Gasteiger partial charge in [0, 0.05) is 4.47 Å². The van der Waals surface area contributed by atoms with E-state index in [1.807, 2.05) is 0 Å². The van der Waals surface area contributed by atoms with E-state index in [4.69, 9.17) is 16.7 Å². The predicted octanol–water partition coefficient (Wildman–Crippen LogP) is 3.53. The SMILES string of the molecule is O=S(=O)(Nc1ccc(Br)c(Cl)c1)c1ccc(CO)cc1F. The summed E-state index contributed by atoms with van der Waals surface area (Å²) in [6, 6.07) is 7.89. The normalized spacial score (nSPS) is 11.4. The Morgan fingerprint density at radius 2 is 1.95 bits per heavy atom. The number of aliphatic hydroxyl groups is 1. The number of aliphatic hydroxyl groups excluding tert-OH is 1. The van der Waals surface area contributed by atoms with Crippen LogP contribution < -0.4 is 4.72 Å². The van der Waals surface area contributed by atoms with Crippen LogP contribution in [0.15, 0.2) is 45.8 Å². The van der Waals surface area contributed by atoms with Crippen molar-refractivity contribution in [1.82, 2.24) is 0 Å². The molecule has 0 atom stereocenters. The molecular formula is C13H10BrClFNO3S. The zero-order chi connectivity index (χ0) is 15.6. The first-order chi connectivity index (χ1) is 9.83. The number of hydrogen-bond acceptors (Lipinski definition) is 3. The smallest absolute Gasteiger partial charge is 0.264 e. The van der Waals surface area contributed by atoms with Crippen LogP contribution in [0.1, 0.15) is 5.56 Å². The third-order valence-electron chi connectivity index (χ3n) is 2.64. The van der Waals surface area contributed by atoms with E-state index in [2.05, 4.69) is 20.7 Å². The van der Waals surface area contributed by atoms with Crippen LogP contribution in [0.25, 0.3) is 0 Å². The minimum absolute atomic E-state index is 0.217. The van der Waals surface area contributed by atoms with Gasteiger partial charge in [0.15, 0.2) is 0 Å². The molecule has 4 nitrogen and oxygen atoms in total. The molecule has 2 aromatic carbocycles. The van der Waals surface area contributed by atoms with Crippen molar-refractivity contribution < 1.29 is 17.9 Å². The summed E-state index contributed by atoms with van der Waals surface area (Å²) in [5.41, 5.74) is 0.506. The molecule has 0 aliphatic heterocycles. The van der Waals surface area contributed by atoms with Crippen molar-refractivity contribution in [2.75, 3.05) is 4.72 Å². The van der Waals surface area contributed by atoms with Crippen LogP contribution in [-0.2, 0) is 16.6 Å². The molecule has 0 saturated heterocycles. The lowest BCUT2D eigenvalue weighted by molar-refractivity contribution is 0.281. The Hall–Kier alpha value is -1.15. The molecule has 0 aliphatic rings. The molecule has 0 bridgehead atoms. The summed E-state index contributed by atoms with van der Waals surface area (Å²) in [4.78, 5) is -0.501. The van der Waals surface area contributed by atoms with Gasteiger partial charge in [-0.1, -0.05) is 17.7 Å². The molecule has 0 fully saturated rings. The summed E-state index contributed by atoms with van der Waals surface area (Å²) in [6.07, 6.45) is 0. The highest BCUT2D eigenvalue weighted by Gasteiger charge is 2.19. The van der Waals surface area contributed by atoms with E-state index < -0.39 is 20.7 Å². The van der Waals surface area contributed by atoms with Crippen molar-refractivity contribution in [3.05, 3.63) is 57.3 Å². The highest BCUT2D eigenvalue weighted by Crippen LogP contribution is 2.27. The summed E-state index contributed by atoms with van der Waals surface area (Å²) in [7, 11) is -4.08. The minimum Gasteiger partial charge on any atom is -0.392 e. The van der Waals surface area contributed by atoms with Crippen molar-refractivity contribution >= 4 is 43.2 Å². The van der Waals surface area contributed by atoms with Crippen LogP contribution >= 0.6 is 27.5 Å². The van der Waals surface area contributed by atoms with Gasteiger partial charge in [-0.2, -0.15) is 0 Å². The Bertz CT molecular complexity index is 783. The second kappa shape index (κ2) is 6.31. The fourth-order valence-corrected chi connectivity index (χ4v) is 3.17. The number of rotatable bonds is 4. The number of nitrogens with one attached hydrogen (secondary N) is 1. The topological polar surface area (TPSA) is 66.4 Å². The molecule has 112 valence electrons. The van der Waals surface area contributed by atoms with Crippen molar-refractivity contribution in [3.8, 4) is 0 Å². The monoisotopic (exact) mass is 393 g/mol. The van der Waals surface area contributed by atoms with Crippen molar-refractivity contribution in [3.63, 3.8) is 0 Å². The van der Waals surface area contributed by atoms with E-state index in [1.54, 1.807) is 6.07 Å². The van der Waals surface area contributed by atoms with Crippen molar-refractivity contribution in [2.24, 2.45) is 0 Å². The first-order valence-electron chi connectivity index (χ1n) is 5.70. The lowest BCUT2D eigenvalue weighted by atomic mass is 10.2. The first kappa shape index (κ1) is 16.2. The quantitative estimate of drug-likeness (QED) is 0.833. The Labute approximate surface area is 134 Å². The minimum atomic E-state index is -4.08. The van der Waals surface area contributed by atoms with Crippen LogP contribution in [-0.4, -0.2) is 13.5 Å². The molecule has 0 saturated carbocycles. The lowest BCUT2D eigenvalue weighted by Crippen LogP contribution is -2.14. The molecule has 8 heteroatoms. The second-order valence-electron chi connectivity index (χ2n) is 4.16. The highest BCUT2D eigenvalue weighted by atomic mass is 79.9. The van der Waals surface area contributed by atoms with Gasteiger partial charge in [-0.25, -0.2) is 12.8 Å². The summed E-state index contributed by atoms with van der Waals surface area (Å²) < 4.78 is 41.0.